The Labute approximate surface area is 121 Å². The molecule has 108 valence electrons. The molecule has 1 unspecified atom stereocenters. The molecule has 0 radical (unpaired) electrons. The van der Waals surface area contributed by atoms with Crippen molar-refractivity contribution in [2.24, 2.45) is 0 Å². The molecule has 1 fully saturated rings. The molecule has 1 saturated heterocycles. The number of benzene rings is 1. The average molecular weight is 285 g/mol. The molecule has 1 aromatic carbocycles. The monoisotopic (exact) mass is 285 g/mol. The highest BCUT2D eigenvalue weighted by atomic mass is 16.2. The molecular formula is C14H15N5O2. The zero-order valence-electron chi connectivity index (χ0n) is 11.3. The maximum Gasteiger partial charge on any atom is 0.276 e. The number of H-pyrrole nitrogens is 1. The number of nitrogens with one attached hydrogen (secondary N) is 2. The van der Waals surface area contributed by atoms with Crippen LogP contribution in [0.5, 0.6) is 0 Å². The van der Waals surface area contributed by atoms with E-state index in [9.17, 15) is 9.59 Å². The molecule has 1 aliphatic heterocycles. The van der Waals surface area contributed by atoms with Crippen molar-refractivity contribution in [1.29, 1.82) is 0 Å². The summed E-state index contributed by atoms with van der Waals surface area (Å²) in [6.45, 7) is 0.919. The van der Waals surface area contributed by atoms with Gasteiger partial charge in [-0.25, -0.2) is 0 Å². The minimum absolute atomic E-state index is 0.137. The third kappa shape index (κ3) is 2.76. The van der Waals surface area contributed by atoms with E-state index in [2.05, 4.69) is 20.7 Å². The van der Waals surface area contributed by atoms with E-state index in [-0.39, 0.29) is 17.5 Å². The zero-order valence-corrected chi connectivity index (χ0v) is 11.3. The molecule has 7 heteroatoms. The van der Waals surface area contributed by atoms with Crippen molar-refractivity contribution in [1.82, 2.24) is 25.6 Å². The van der Waals surface area contributed by atoms with Crippen LogP contribution >= 0.6 is 0 Å². The number of carbonyl (C=O) groups is 2. The summed E-state index contributed by atoms with van der Waals surface area (Å²) in [6, 6.07) is 9.12. The summed E-state index contributed by atoms with van der Waals surface area (Å²) >= 11 is 0. The van der Waals surface area contributed by atoms with Crippen molar-refractivity contribution < 1.29 is 9.59 Å². The first-order valence-corrected chi connectivity index (χ1v) is 6.74. The van der Waals surface area contributed by atoms with Gasteiger partial charge in [0, 0.05) is 19.5 Å². The van der Waals surface area contributed by atoms with Crippen LogP contribution in [0.4, 0.5) is 0 Å². The van der Waals surface area contributed by atoms with E-state index >= 15 is 0 Å². The second kappa shape index (κ2) is 5.74. The van der Waals surface area contributed by atoms with Gasteiger partial charge in [0.05, 0.1) is 6.20 Å². The van der Waals surface area contributed by atoms with Crippen LogP contribution in [0.3, 0.4) is 0 Å². The lowest BCUT2D eigenvalue weighted by atomic mass is 10.0. The average Bonchev–Trinajstić information content (AvgIpc) is 3.04. The molecule has 0 spiro atoms. The number of rotatable bonds is 3. The minimum atomic E-state index is -0.523. The van der Waals surface area contributed by atoms with Gasteiger partial charge >= 0.3 is 0 Å². The number of hydrogen-bond donors (Lipinski definition) is 2. The number of nitrogens with zero attached hydrogens (tertiary/aromatic N) is 3. The van der Waals surface area contributed by atoms with Crippen LogP contribution in [0.1, 0.15) is 16.1 Å². The van der Waals surface area contributed by atoms with Crippen molar-refractivity contribution in [2.75, 3.05) is 13.1 Å². The number of aromatic nitrogens is 3. The van der Waals surface area contributed by atoms with Gasteiger partial charge in [0.25, 0.3) is 5.91 Å². The molecule has 2 amide bonds. The highest BCUT2D eigenvalue weighted by Gasteiger charge is 2.34. The minimum Gasteiger partial charge on any atom is -0.353 e. The van der Waals surface area contributed by atoms with Gasteiger partial charge in [-0.1, -0.05) is 30.3 Å². The van der Waals surface area contributed by atoms with Crippen molar-refractivity contribution in [2.45, 2.75) is 12.5 Å². The predicted octanol–water partition coefficient (Wildman–Crippen LogP) is -0.0120. The van der Waals surface area contributed by atoms with Gasteiger partial charge in [-0.3, -0.25) is 9.59 Å². The van der Waals surface area contributed by atoms with Gasteiger partial charge in [0.1, 0.15) is 6.04 Å². The van der Waals surface area contributed by atoms with E-state index in [1.165, 1.54) is 6.20 Å². The third-order valence-electron chi connectivity index (χ3n) is 3.50. The first-order valence-electron chi connectivity index (χ1n) is 6.74. The lowest BCUT2D eigenvalue weighted by molar-refractivity contribution is -0.127. The van der Waals surface area contributed by atoms with E-state index in [1.54, 1.807) is 4.90 Å². The van der Waals surface area contributed by atoms with Gasteiger partial charge in [-0.05, 0) is 5.56 Å². The SMILES string of the molecule is O=C1NCCN(C(=O)c2cn[nH]n2)C1Cc1ccccc1. The number of carbonyl (C=O) groups excluding carboxylic acids is 2. The molecule has 1 aromatic heterocycles. The van der Waals surface area contributed by atoms with Crippen molar-refractivity contribution in [3.05, 3.63) is 47.8 Å². The van der Waals surface area contributed by atoms with Crippen LogP contribution in [-0.4, -0.2) is 51.3 Å². The second-order valence-corrected chi connectivity index (χ2v) is 4.85. The van der Waals surface area contributed by atoms with Crippen molar-refractivity contribution in [3.63, 3.8) is 0 Å². The van der Waals surface area contributed by atoms with Crippen LogP contribution in [-0.2, 0) is 11.2 Å². The Morgan fingerprint density at radius 3 is 2.86 bits per heavy atom. The number of amides is 2. The quantitative estimate of drug-likeness (QED) is 0.829. The smallest absolute Gasteiger partial charge is 0.276 e. The van der Waals surface area contributed by atoms with Gasteiger partial charge in [0.15, 0.2) is 5.69 Å². The Morgan fingerprint density at radius 1 is 1.33 bits per heavy atom. The van der Waals surface area contributed by atoms with E-state index in [4.69, 9.17) is 0 Å². The van der Waals surface area contributed by atoms with E-state index in [0.29, 0.717) is 19.5 Å². The summed E-state index contributed by atoms with van der Waals surface area (Å²) in [7, 11) is 0. The molecule has 0 aliphatic carbocycles. The fourth-order valence-corrected chi connectivity index (χ4v) is 2.45. The molecule has 3 rings (SSSR count). The molecule has 2 aromatic rings. The molecule has 2 heterocycles. The zero-order chi connectivity index (χ0) is 14.7. The summed E-state index contributed by atoms with van der Waals surface area (Å²) < 4.78 is 0. The molecule has 0 bridgehead atoms. The molecule has 0 saturated carbocycles. The summed E-state index contributed by atoms with van der Waals surface area (Å²) in [5.41, 5.74) is 1.24. The maximum atomic E-state index is 12.4. The Balaban J connectivity index is 1.83. The van der Waals surface area contributed by atoms with Gasteiger partial charge < -0.3 is 10.2 Å². The molecule has 1 atom stereocenters. The normalized spacial score (nSPS) is 18.4. The first kappa shape index (κ1) is 13.3. The summed E-state index contributed by atoms with van der Waals surface area (Å²) in [4.78, 5) is 26.1. The number of hydrogen-bond acceptors (Lipinski definition) is 4. The predicted molar refractivity (Wildman–Crippen MR) is 74.4 cm³/mol. The largest absolute Gasteiger partial charge is 0.353 e. The Hall–Kier alpha value is -2.70. The Morgan fingerprint density at radius 2 is 2.14 bits per heavy atom. The summed E-state index contributed by atoms with van der Waals surface area (Å²) in [6.07, 6.45) is 1.85. The fourth-order valence-electron chi connectivity index (χ4n) is 2.45. The Kier molecular flexibility index (Phi) is 3.63. The van der Waals surface area contributed by atoms with Crippen LogP contribution in [0.25, 0.3) is 0 Å². The van der Waals surface area contributed by atoms with Crippen LogP contribution in [0.15, 0.2) is 36.5 Å². The number of piperazine rings is 1. The fraction of sp³-hybridized carbons (Fsp3) is 0.286. The summed E-state index contributed by atoms with van der Waals surface area (Å²) in [5.74, 6) is -0.415. The molecular weight excluding hydrogens is 270 g/mol. The van der Waals surface area contributed by atoms with Gasteiger partial charge in [-0.15, -0.1) is 0 Å². The molecule has 2 N–H and O–H groups in total. The topological polar surface area (TPSA) is 91.0 Å². The molecule has 7 nitrogen and oxygen atoms in total. The second-order valence-electron chi connectivity index (χ2n) is 4.85. The lowest BCUT2D eigenvalue weighted by Crippen LogP contribution is -2.58. The molecule has 1 aliphatic rings. The van der Waals surface area contributed by atoms with Crippen LogP contribution in [0.2, 0.25) is 0 Å². The van der Waals surface area contributed by atoms with E-state index < -0.39 is 6.04 Å². The maximum absolute atomic E-state index is 12.4. The highest BCUT2D eigenvalue weighted by molar-refractivity contribution is 5.96. The van der Waals surface area contributed by atoms with E-state index in [0.717, 1.165) is 5.56 Å². The van der Waals surface area contributed by atoms with Crippen molar-refractivity contribution >= 4 is 11.8 Å². The number of aromatic amines is 1. The summed E-state index contributed by atoms with van der Waals surface area (Å²) in [5, 5.41) is 12.7. The standard InChI is InChI=1S/C14H15N5O2/c20-13-12(8-10-4-2-1-3-5-10)19(7-6-15-13)14(21)11-9-16-18-17-11/h1-5,9,12H,6-8H2,(H,15,20)(H,16,17,18). The van der Waals surface area contributed by atoms with Crippen LogP contribution in [0, 0.1) is 0 Å². The van der Waals surface area contributed by atoms with Crippen LogP contribution < -0.4 is 5.32 Å². The first-order chi connectivity index (χ1) is 10.3. The van der Waals surface area contributed by atoms with Gasteiger partial charge in [0.2, 0.25) is 5.91 Å². The van der Waals surface area contributed by atoms with E-state index in [1.807, 2.05) is 30.3 Å². The van der Waals surface area contributed by atoms with Gasteiger partial charge in [-0.2, -0.15) is 15.4 Å². The molecule has 21 heavy (non-hydrogen) atoms. The lowest BCUT2D eigenvalue weighted by Gasteiger charge is -2.34. The Bertz CT molecular complexity index is 626. The van der Waals surface area contributed by atoms with Crippen molar-refractivity contribution in [3.8, 4) is 0 Å². The highest BCUT2D eigenvalue weighted by Crippen LogP contribution is 2.14. The third-order valence-corrected chi connectivity index (χ3v) is 3.50.